The number of fused-ring (bicyclic) bond motifs is 1. The summed E-state index contributed by atoms with van der Waals surface area (Å²) >= 11 is 0. The van der Waals surface area contributed by atoms with Crippen molar-refractivity contribution in [3.63, 3.8) is 0 Å². The molecule has 0 saturated heterocycles. The number of carbonyl (C=O) groups is 1. The molecule has 3 aromatic carbocycles. The number of carbonyl (C=O) groups excluding carboxylic acids is 1. The van der Waals surface area contributed by atoms with Gasteiger partial charge in [0.05, 0.1) is 30.4 Å². The molecule has 0 amide bonds. The molecule has 1 fully saturated rings. The van der Waals surface area contributed by atoms with E-state index in [0.29, 0.717) is 23.9 Å². The van der Waals surface area contributed by atoms with Crippen molar-refractivity contribution >= 4 is 5.97 Å². The Bertz CT molecular complexity index is 1700. The second-order valence-electron chi connectivity index (χ2n) is 11.4. The zero-order valence-electron chi connectivity index (χ0n) is 25.4. The first-order valence-electron chi connectivity index (χ1n) is 15.1. The molecule has 2 N–H and O–H groups in total. The molecule has 2 heterocycles. The van der Waals surface area contributed by atoms with E-state index in [2.05, 4.69) is 82.0 Å². The average Bonchev–Trinajstić information content (AvgIpc) is 3.76. The molecule has 1 aliphatic heterocycles. The fourth-order valence-electron chi connectivity index (χ4n) is 6.26. The van der Waals surface area contributed by atoms with E-state index in [1.165, 1.54) is 18.2 Å². The van der Waals surface area contributed by atoms with Gasteiger partial charge in [0.15, 0.2) is 0 Å². The molecule has 1 aliphatic carbocycles. The summed E-state index contributed by atoms with van der Waals surface area (Å²) < 4.78 is 13.1. The molecule has 226 valence electrons. The number of hydrogen-bond donors (Lipinski definition) is 2. The maximum absolute atomic E-state index is 12.7. The van der Waals surface area contributed by atoms with Gasteiger partial charge < -0.3 is 14.8 Å². The van der Waals surface area contributed by atoms with Crippen LogP contribution in [0.3, 0.4) is 0 Å². The normalized spacial score (nSPS) is 19.8. The molecular formula is C35H38N6O3. The van der Waals surface area contributed by atoms with Gasteiger partial charge in [0.2, 0.25) is 0 Å². The van der Waals surface area contributed by atoms with Gasteiger partial charge in [0, 0.05) is 49.8 Å². The summed E-state index contributed by atoms with van der Waals surface area (Å²) in [5.41, 5.74) is 15.0. The molecule has 2 unspecified atom stereocenters. The highest BCUT2D eigenvalue weighted by Gasteiger charge is 2.46. The summed E-state index contributed by atoms with van der Waals surface area (Å²) in [5.74, 6) is 0.589. The Morgan fingerprint density at radius 3 is 2.70 bits per heavy atom. The fourth-order valence-corrected chi connectivity index (χ4v) is 6.26. The van der Waals surface area contributed by atoms with E-state index in [4.69, 9.17) is 15.0 Å². The minimum atomic E-state index is -0.422. The van der Waals surface area contributed by atoms with Crippen molar-refractivity contribution in [2.75, 3.05) is 20.8 Å². The van der Waals surface area contributed by atoms with Crippen LogP contribution in [0.2, 0.25) is 0 Å². The lowest BCUT2D eigenvalue weighted by Crippen LogP contribution is -2.36. The molecule has 3 atom stereocenters. The number of benzene rings is 3. The summed E-state index contributed by atoms with van der Waals surface area (Å²) in [6.07, 6.45) is 5.11. The van der Waals surface area contributed by atoms with Crippen molar-refractivity contribution in [3.05, 3.63) is 113 Å². The van der Waals surface area contributed by atoms with E-state index in [0.717, 1.165) is 54.2 Å². The summed E-state index contributed by atoms with van der Waals surface area (Å²) in [7, 11) is 3.17. The number of nitrogens with zero attached hydrogens (tertiary/aromatic N) is 4. The second-order valence-corrected chi connectivity index (χ2v) is 11.4. The van der Waals surface area contributed by atoms with E-state index < -0.39 is 5.97 Å². The van der Waals surface area contributed by atoms with Crippen LogP contribution in [-0.4, -0.2) is 47.5 Å². The number of methoxy groups -OCH3 is 1. The maximum atomic E-state index is 12.7. The fraction of sp³-hybridized carbons (Fsp3) is 0.314. The lowest BCUT2D eigenvalue weighted by Gasteiger charge is -2.28. The summed E-state index contributed by atoms with van der Waals surface area (Å²) in [6.45, 7) is 4.57. The lowest BCUT2D eigenvalue weighted by molar-refractivity contribution is 0.0599. The predicted octanol–water partition coefficient (Wildman–Crippen LogP) is 6.69. The number of aromatic nitrogens is 2. The number of ether oxygens (including phenoxy) is 2. The summed E-state index contributed by atoms with van der Waals surface area (Å²) in [4.78, 5) is 15.2. The van der Waals surface area contributed by atoms with Gasteiger partial charge in [0.1, 0.15) is 17.9 Å². The highest BCUT2D eigenvalue weighted by atomic mass is 16.5. The molecule has 9 nitrogen and oxygen atoms in total. The van der Waals surface area contributed by atoms with Crippen LogP contribution in [0.5, 0.6) is 5.75 Å². The molecule has 2 aliphatic rings. The second kappa shape index (κ2) is 12.9. The monoisotopic (exact) mass is 590 g/mol. The van der Waals surface area contributed by atoms with Crippen molar-refractivity contribution in [1.82, 2.24) is 20.0 Å². The number of hydrogen-bond acceptors (Lipinski definition) is 8. The van der Waals surface area contributed by atoms with Gasteiger partial charge in [0.25, 0.3) is 0 Å². The zero-order valence-corrected chi connectivity index (χ0v) is 25.4. The van der Waals surface area contributed by atoms with Gasteiger partial charge in [-0.3, -0.25) is 4.90 Å². The summed E-state index contributed by atoms with van der Waals surface area (Å²) in [6, 6.07) is 25.6. The van der Waals surface area contributed by atoms with Crippen LogP contribution >= 0.6 is 0 Å². The van der Waals surface area contributed by atoms with Gasteiger partial charge in [-0.15, -0.1) is 0 Å². The first kappa shape index (κ1) is 29.3. The Kier molecular flexibility index (Phi) is 8.56. The minimum absolute atomic E-state index is 0.00142. The van der Waals surface area contributed by atoms with Gasteiger partial charge in [-0.25, -0.2) is 15.0 Å². The molecule has 1 saturated carbocycles. The van der Waals surface area contributed by atoms with E-state index >= 15 is 0 Å². The van der Waals surface area contributed by atoms with Gasteiger partial charge >= 0.3 is 5.97 Å². The van der Waals surface area contributed by atoms with Crippen LogP contribution in [0.25, 0.3) is 16.8 Å². The van der Waals surface area contributed by atoms with Crippen LogP contribution in [0.1, 0.15) is 52.9 Å². The van der Waals surface area contributed by atoms with Gasteiger partial charge in [-0.2, -0.15) is 10.2 Å². The highest BCUT2D eigenvalue weighted by Crippen LogP contribution is 2.53. The van der Waals surface area contributed by atoms with Crippen LogP contribution in [0.4, 0.5) is 0 Å². The first-order chi connectivity index (χ1) is 21.5. The number of para-hydroxylation sites is 1. The SMILES string of the molecule is CCC1COc2ccccc2CN1Cc1cccc(-c2cccc(-n3ncc(C(=O)OC)c3C3C[C@@H]3/C(=C/NC)N=N)c2)c1. The predicted molar refractivity (Wildman–Crippen MR) is 169 cm³/mol. The number of allylic oxidation sites excluding steroid dienone is 1. The minimum Gasteiger partial charge on any atom is -0.492 e. The van der Waals surface area contributed by atoms with E-state index in [1.807, 2.05) is 22.9 Å². The van der Waals surface area contributed by atoms with Crippen molar-refractivity contribution < 1.29 is 14.3 Å². The Labute approximate surface area is 258 Å². The topological polar surface area (TPSA) is 105 Å². The van der Waals surface area contributed by atoms with Gasteiger partial charge in [-0.1, -0.05) is 55.5 Å². The molecule has 44 heavy (non-hydrogen) atoms. The number of rotatable bonds is 10. The van der Waals surface area contributed by atoms with Crippen molar-refractivity contribution in [1.29, 1.82) is 5.53 Å². The van der Waals surface area contributed by atoms with Crippen molar-refractivity contribution in [2.24, 2.45) is 11.0 Å². The van der Waals surface area contributed by atoms with Crippen molar-refractivity contribution in [2.45, 2.75) is 44.8 Å². The van der Waals surface area contributed by atoms with E-state index in [1.54, 1.807) is 19.4 Å². The molecular weight excluding hydrogens is 552 g/mol. The number of nitrogens with one attached hydrogen (secondary N) is 2. The number of esters is 1. The largest absolute Gasteiger partial charge is 0.492 e. The van der Waals surface area contributed by atoms with Crippen molar-refractivity contribution in [3.8, 4) is 22.6 Å². The standard InChI is InChI=1S/C35H38N6O3/c1-4-27-22-44-33-14-6-5-10-26(33)21-40(27)20-23-9-7-11-24(15-23)25-12-8-13-28(16-25)41-34(31(18-38-41)35(42)43-3)30-17-29(30)32(39-36)19-37-2/h5-16,18-19,27,29-30,36-37H,4,17,20-22H2,1-3H3/b32-19-,39-36?/t27?,29-,30?/m0/s1. The smallest absolute Gasteiger partial charge is 0.341 e. The molecule has 0 spiro atoms. The van der Waals surface area contributed by atoms with Gasteiger partial charge in [-0.05, 0) is 53.8 Å². The molecule has 0 radical (unpaired) electrons. The molecule has 0 bridgehead atoms. The van der Waals surface area contributed by atoms with Crippen LogP contribution in [-0.2, 0) is 17.8 Å². The third kappa shape index (κ3) is 5.88. The van der Waals surface area contributed by atoms with Crippen LogP contribution in [0.15, 0.2) is 96.0 Å². The van der Waals surface area contributed by atoms with E-state index in [-0.39, 0.29) is 11.8 Å². The highest BCUT2D eigenvalue weighted by molar-refractivity contribution is 5.91. The average molecular weight is 591 g/mol. The van der Waals surface area contributed by atoms with E-state index in [9.17, 15) is 4.79 Å². The Hall–Kier alpha value is -4.76. The maximum Gasteiger partial charge on any atom is 0.341 e. The zero-order chi connectivity index (χ0) is 30.6. The third-order valence-corrected chi connectivity index (χ3v) is 8.66. The Morgan fingerprint density at radius 2 is 1.93 bits per heavy atom. The first-order valence-corrected chi connectivity index (χ1v) is 15.1. The molecule has 1 aromatic heterocycles. The quantitative estimate of drug-likeness (QED) is 0.157. The molecule has 6 rings (SSSR count). The lowest BCUT2D eigenvalue weighted by atomic mass is 10.0. The molecule has 4 aromatic rings. The summed E-state index contributed by atoms with van der Waals surface area (Å²) in [5, 5.41) is 11.3. The van der Waals surface area contributed by atoms with Crippen LogP contribution < -0.4 is 10.1 Å². The molecule has 9 heteroatoms. The third-order valence-electron chi connectivity index (χ3n) is 8.66. The Balaban J connectivity index is 1.29. The Morgan fingerprint density at radius 1 is 1.14 bits per heavy atom. The van der Waals surface area contributed by atoms with Crippen LogP contribution in [0, 0.1) is 11.4 Å².